The lowest BCUT2D eigenvalue weighted by Gasteiger charge is -2.39. The minimum atomic E-state index is 0.167. The number of piperidine rings is 1. The van der Waals surface area contributed by atoms with Gasteiger partial charge in [0, 0.05) is 12.1 Å². The molecule has 0 N–H and O–H groups in total. The molecule has 134 valence electrons. The van der Waals surface area contributed by atoms with Gasteiger partial charge in [0.1, 0.15) is 0 Å². The maximum atomic E-state index is 12.7. The van der Waals surface area contributed by atoms with Crippen molar-refractivity contribution in [2.75, 3.05) is 5.75 Å². The molecular formula is C18H25N5OS. The Bertz CT molecular complexity index is 750. The summed E-state index contributed by atoms with van der Waals surface area (Å²) in [4.78, 5) is 14.7. The third-order valence-corrected chi connectivity index (χ3v) is 5.74. The summed E-state index contributed by atoms with van der Waals surface area (Å²) in [5, 5.41) is 12.7. The maximum Gasteiger partial charge on any atom is 0.233 e. The number of amides is 1. The van der Waals surface area contributed by atoms with E-state index in [4.69, 9.17) is 0 Å². The van der Waals surface area contributed by atoms with Gasteiger partial charge in [0.25, 0.3) is 0 Å². The van der Waals surface area contributed by atoms with Gasteiger partial charge >= 0.3 is 0 Å². The number of carbonyl (C=O) groups excluding carboxylic acids is 1. The van der Waals surface area contributed by atoms with Crippen molar-refractivity contribution in [2.45, 2.75) is 64.2 Å². The van der Waals surface area contributed by atoms with Crippen LogP contribution in [0.1, 0.15) is 44.2 Å². The highest BCUT2D eigenvalue weighted by Crippen LogP contribution is 2.26. The third-order valence-electron chi connectivity index (χ3n) is 4.84. The highest BCUT2D eigenvalue weighted by Gasteiger charge is 2.29. The lowest BCUT2D eigenvalue weighted by molar-refractivity contribution is -0.134. The van der Waals surface area contributed by atoms with E-state index in [1.807, 2.05) is 18.7 Å². The quantitative estimate of drug-likeness (QED) is 0.785. The standard InChI is InChI=1S/C18H25N5OS/c1-12-8-9-13(2)16(10-12)23-18(19-20-21-23)25-11-17(24)22-14(3)6-5-7-15(22)4/h8-10,14-15H,5-7,11H2,1-4H3/t14-,15-/m0/s1. The molecule has 0 bridgehead atoms. The molecule has 25 heavy (non-hydrogen) atoms. The summed E-state index contributed by atoms with van der Waals surface area (Å²) < 4.78 is 1.73. The summed E-state index contributed by atoms with van der Waals surface area (Å²) >= 11 is 1.40. The third kappa shape index (κ3) is 3.86. The molecule has 1 saturated heterocycles. The minimum Gasteiger partial charge on any atom is -0.337 e. The summed E-state index contributed by atoms with van der Waals surface area (Å²) in [6.07, 6.45) is 3.37. The Labute approximate surface area is 153 Å². The van der Waals surface area contributed by atoms with Crippen molar-refractivity contribution in [2.24, 2.45) is 0 Å². The Morgan fingerprint density at radius 1 is 1.24 bits per heavy atom. The van der Waals surface area contributed by atoms with Crippen LogP contribution in [-0.4, -0.2) is 48.9 Å². The first-order chi connectivity index (χ1) is 12.0. The molecule has 3 rings (SSSR count). The Balaban J connectivity index is 1.74. The number of hydrogen-bond donors (Lipinski definition) is 0. The van der Waals surface area contributed by atoms with Gasteiger partial charge in [-0.2, -0.15) is 4.68 Å². The number of rotatable bonds is 4. The zero-order chi connectivity index (χ0) is 18.0. The van der Waals surface area contributed by atoms with E-state index in [-0.39, 0.29) is 5.91 Å². The smallest absolute Gasteiger partial charge is 0.233 e. The molecule has 2 atom stereocenters. The number of tetrazole rings is 1. The molecule has 2 aromatic rings. The van der Waals surface area contributed by atoms with E-state index in [2.05, 4.69) is 47.6 Å². The lowest BCUT2D eigenvalue weighted by atomic mass is 9.98. The van der Waals surface area contributed by atoms with Gasteiger partial charge in [-0.05, 0) is 74.6 Å². The number of aryl methyl sites for hydroxylation is 2. The Morgan fingerprint density at radius 2 is 1.96 bits per heavy atom. The van der Waals surface area contributed by atoms with Crippen LogP contribution in [0, 0.1) is 13.8 Å². The Hall–Kier alpha value is -1.89. The first kappa shape index (κ1) is 17.9. The van der Waals surface area contributed by atoms with Crippen LogP contribution < -0.4 is 0 Å². The average molecular weight is 359 g/mol. The number of carbonyl (C=O) groups is 1. The zero-order valence-electron chi connectivity index (χ0n) is 15.3. The monoisotopic (exact) mass is 359 g/mol. The predicted octanol–water partition coefficient (Wildman–Crippen LogP) is 3.16. The number of likely N-dealkylation sites (tertiary alicyclic amines) is 1. The number of hydrogen-bond acceptors (Lipinski definition) is 5. The molecule has 1 fully saturated rings. The van der Waals surface area contributed by atoms with Crippen LogP contribution in [0.3, 0.4) is 0 Å². The van der Waals surface area contributed by atoms with Crippen LogP contribution in [0.4, 0.5) is 0 Å². The minimum absolute atomic E-state index is 0.167. The van der Waals surface area contributed by atoms with E-state index < -0.39 is 0 Å². The van der Waals surface area contributed by atoms with Crippen molar-refractivity contribution < 1.29 is 4.79 Å². The van der Waals surface area contributed by atoms with Crippen LogP contribution in [0.15, 0.2) is 23.4 Å². The molecule has 6 nitrogen and oxygen atoms in total. The Kier molecular flexibility index (Phi) is 5.42. The topological polar surface area (TPSA) is 63.9 Å². The van der Waals surface area contributed by atoms with Crippen LogP contribution in [-0.2, 0) is 4.79 Å². The number of nitrogens with zero attached hydrogens (tertiary/aromatic N) is 5. The molecule has 1 aliphatic heterocycles. The van der Waals surface area contributed by atoms with Crippen LogP contribution >= 0.6 is 11.8 Å². The van der Waals surface area contributed by atoms with Crippen LogP contribution in [0.5, 0.6) is 0 Å². The molecular weight excluding hydrogens is 334 g/mol. The fourth-order valence-corrected chi connectivity index (χ4v) is 4.23. The van der Waals surface area contributed by atoms with Crippen molar-refractivity contribution in [1.82, 2.24) is 25.1 Å². The van der Waals surface area contributed by atoms with Gasteiger partial charge in [-0.25, -0.2) is 0 Å². The molecule has 1 aromatic carbocycles. The van der Waals surface area contributed by atoms with Gasteiger partial charge in [0.15, 0.2) is 0 Å². The van der Waals surface area contributed by atoms with E-state index in [0.29, 0.717) is 23.0 Å². The number of thioether (sulfide) groups is 1. The molecule has 1 aliphatic rings. The van der Waals surface area contributed by atoms with Crippen molar-refractivity contribution in [1.29, 1.82) is 0 Å². The molecule has 7 heteroatoms. The van der Waals surface area contributed by atoms with Gasteiger partial charge in [-0.1, -0.05) is 23.9 Å². The summed E-state index contributed by atoms with van der Waals surface area (Å²) in [5.41, 5.74) is 3.21. The second kappa shape index (κ2) is 7.56. The van der Waals surface area contributed by atoms with Crippen molar-refractivity contribution in [3.05, 3.63) is 29.3 Å². The summed E-state index contributed by atoms with van der Waals surface area (Å²) in [7, 11) is 0. The molecule has 0 unspecified atom stereocenters. The van der Waals surface area contributed by atoms with Gasteiger partial charge in [-0.3, -0.25) is 4.79 Å². The van der Waals surface area contributed by atoms with Crippen molar-refractivity contribution in [3.63, 3.8) is 0 Å². The average Bonchev–Trinajstić information content (AvgIpc) is 3.03. The number of benzene rings is 1. The number of aromatic nitrogens is 4. The summed E-state index contributed by atoms with van der Waals surface area (Å²) in [6, 6.07) is 6.81. The second-order valence-corrected chi connectivity index (χ2v) is 7.82. The largest absolute Gasteiger partial charge is 0.337 e. The maximum absolute atomic E-state index is 12.7. The van der Waals surface area contributed by atoms with Crippen LogP contribution in [0.2, 0.25) is 0 Å². The molecule has 0 aliphatic carbocycles. The fraction of sp³-hybridized carbons (Fsp3) is 0.556. The lowest BCUT2D eigenvalue weighted by Crippen LogP contribution is -2.48. The summed E-state index contributed by atoms with van der Waals surface area (Å²) in [6.45, 7) is 8.35. The van der Waals surface area contributed by atoms with E-state index in [9.17, 15) is 4.79 Å². The first-order valence-electron chi connectivity index (χ1n) is 8.77. The molecule has 1 amide bonds. The predicted molar refractivity (Wildman–Crippen MR) is 99.0 cm³/mol. The van der Waals surface area contributed by atoms with Gasteiger partial charge in [-0.15, -0.1) is 5.10 Å². The highest BCUT2D eigenvalue weighted by atomic mass is 32.2. The highest BCUT2D eigenvalue weighted by molar-refractivity contribution is 7.99. The molecule has 0 radical (unpaired) electrons. The normalized spacial score (nSPS) is 20.7. The molecule has 1 aromatic heterocycles. The fourth-order valence-electron chi connectivity index (χ4n) is 3.48. The SMILES string of the molecule is Cc1ccc(C)c(-n2nnnc2SCC(=O)N2[C@@H](C)CCC[C@@H]2C)c1. The second-order valence-electron chi connectivity index (χ2n) is 6.88. The van der Waals surface area contributed by atoms with Gasteiger partial charge < -0.3 is 4.90 Å². The Morgan fingerprint density at radius 3 is 2.68 bits per heavy atom. The molecule has 0 saturated carbocycles. The zero-order valence-corrected chi connectivity index (χ0v) is 16.1. The van der Waals surface area contributed by atoms with E-state index >= 15 is 0 Å². The van der Waals surface area contributed by atoms with Gasteiger partial charge in [0.05, 0.1) is 11.4 Å². The van der Waals surface area contributed by atoms with E-state index in [0.717, 1.165) is 29.7 Å². The van der Waals surface area contributed by atoms with E-state index in [1.165, 1.54) is 18.2 Å². The van der Waals surface area contributed by atoms with E-state index in [1.54, 1.807) is 4.68 Å². The molecule has 0 spiro atoms. The molecule has 2 heterocycles. The van der Waals surface area contributed by atoms with Crippen LogP contribution in [0.25, 0.3) is 5.69 Å². The summed E-state index contributed by atoms with van der Waals surface area (Å²) in [5.74, 6) is 0.528. The first-order valence-corrected chi connectivity index (χ1v) is 9.76. The van der Waals surface area contributed by atoms with Crippen molar-refractivity contribution >= 4 is 17.7 Å². The van der Waals surface area contributed by atoms with Crippen molar-refractivity contribution in [3.8, 4) is 5.69 Å². The van der Waals surface area contributed by atoms with Gasteiger partial charge in [0.2, 0.25) is 11.1 Å².